The van der Waals surface area contributed by atoms with Crippen molar-refractivity contribution >= 4 is 28.5 Å². The molecule has 94 valence electrons. The van der Waals surface area contributed by atoms with Gasteiger partial charge in [0.2, 0.25) is 5.28 Å². The van der Waals surface area contributed by atoms with Crippen molar-refractivity contribution in [3.05, 3.63) is 39.4 Å². The van der Waals surface area contributed by atoms with Crippen molar-refractivity contribution in [1.29, 1.82) is 0 Å². The topological polar surface area (TPSA) is 72.2 Å². The Morgan fingerprint density at radius 1 is 1.50 bits per heavy atom. The molecule has 0 aliphatic heterocycles. The van der Waals surface area contributed by atoms with Crippen LogP contribution in [0.3, 0.4) is 0 Å². The second-order valence-corrected chi connectivity index (χ2v) is 4.29. The average Bonchev–Trinajstić information content (AvgIpc) is 2.27. The number of fused-ring (bicyclic) bond motifs is 1. The second-order valence-electron chi connectivity index (χ2n) is 3.95. The minimum Gasteiger partial charge on any atom is -0.481 e. The lowest BCUT2D eigenvalue weighted by molar-refractivity contribution is -0.137. The van der Waals surface area contributed by atoms with Gasteiger partial charge in [-0.05, 0) is 30.2 Å². The van der Waals surface area contributed by atoms with Gasteiger partial charge in [0.25, 0.3) is 5.56 Å². The molecule has 0 aliphatic rings. The van der Waals surface area contributed by atoms with E-state index in [-0.39, 0.29) is 23.8 Å². The summed E-state index contributed by atoms with van der Waals surface area (Å²) in [5.41, 5.74) is 1.02. The molecule has 0 spiro atoms. The lowest BCUT2D eigenvalue weighted by Crippen LogP contribution is -2.24. The molecule has 0 saturated heterocycles. The van der Waals surface area contributed by atoms with Gasteiger partial charge in [0.1, 0.15) is 0 Å². The standard InChI is InChI=1S/C12H11ClN2O3/c1-7-3-2-4-8-10(7)11(18)15(12(13)14-8)6-5-9(16)17/h2-4H,5-6H2,1H3,(H,16,17). The highest BCUT2D eigenvalue weighted by atomic mass is 35.5. The zero-order valence-electron chi connectivity index (χ0n) is 9.68. The number of aryl methyl sites for hydroxylation is 1. The predicted molar refractivity (Wildman–Crippen MR) is 68.0 cm³/mol. The summed E-state index contributed by atoms with van der Waals surface area (Å²) in [6.07, 6.45) is -0.168. The molecule has 1 N–H and O–H groups in total. The SMILES string of the molecule is Cc1cccc2nc(Cl)n(CCC(=O)O)c(=O)c12. The van der Waals surface area contributed by atoms with E-state index in [4.69, 9.17) is 16.7 Å². The maximum Gasteiger partial charge on any atom is 0.305 e. The molecular formula is C12H11ClN2O3. The van der Waals surface area contributed by atoms with Crippen LogP contribution >= 0.6 is 11.6 Å². The highest BCUT2D eigenvalue weighted by Crippen LogP contribution is 2.15. The first kappa shape index (κ1) is 12.6. The molecule has 2 rings (SSSR count). The number of carboxylic acid groups (broad SMARTS) is 1. The third kappa shape index (κ3) is 2.22. The minimum atomic E-state index is -0.983. The highest BCUT2D eigenvalue weighted by Gasteiger charge is 2.11. The fraction of sp³-hybridized carbons (Fsp3) is 0.250. The Kier molecular flexibility index (Phi) is 3.34. The number of aliphatic carboxylic acids is 1. The summed E-state index contributed by atoms with van der Waals surface area (Å²) in [6, 6.07) is 5.31. The first-order chi connectivity index (χ1) is 8.50. The molecule has 5 nitrogen and oxygen atoms in total. The van der Waals surface area contributed by atoms with Crippen molar-refractivity contribution in [2.75, 3.05) is 0 Å². The molecule has 0 unspecified atom stereocenters. The summed E-state index contributed by atoms with van der Waals surface area (Å²) in [6.45, 7) is 1.82. The first-order valence-electron chi connectivity index (χ1n) is 5.38. The lowest BCUT2D eigenvalue weighted by Gasteiger charge is -2.09. The summed E-state index contributed by atoms with van der Waals surface area (Å²) < 4.78 is 1.19. The molecular weight excluding hydrogens is 256 g/mol. The third-order valence-electron chi connectivity index (χ3n) is 2.69. The van der Waals surface area contributed by atoms with E-state index in [1.807, 2.05) is 0 Å². The number of hydrogen-bond acceptors (Lipinski definition) is 3. The van der Waals surface area contributed by atoms with Crippen LogP contribution in [-0.2, 0) is 11.3 Å². The van der Waals surface area contributed by atoms with Gasteiger partial charge in [-0.2, -0.15) is 0 Å². The molecule has 0 bridgehead atoms. The Morgan fingerprint density at radius 3 is 2.89 bits per heavy atom. The molecule has 1 heterocycles. The van der Waals surface area contributed by atoms with Crippen molar-refractivity contribution < 1.29 is 9.90 Å². The van der Waals surface area contributed by atoms with Gasteiger partial charge in [-0.1, -0.05) is 12.1 Å². The van der Waals surface area contributed by atoms with Gasteiger partial charge in [-0.15, -0.1) is 0 Å². The molecule has 18 heavy (non-hydrogen) atoms. The van der Waals surface area contributed by atoms with E-state index in [0.29, 0.717) is 10.9 Å². The predicted octanol–water partition coefficient (Wildman–Crippen LogP) is 1.83. The highest BCUT2D eigenvalue weighted by molar-refractivity contribution is 6.28. The average molecular weight is 267 g/mol. The molecule has 0 aliphatic carbocycles. The van der Waals surface area contributed by atoms with Crippen LogP contribution in [0, 0.1) is 6.92 Å². The molecule has 0 amide bonds. The maximum atomic E-state index is 12.2. The number of rotatable bonds is 3. The van der Waals surface area contributed by atoms with E-state index >= 15 is 0 Å². The number of aromatic nitrogens is 2. The normalized spacial score (nSPS) is 10.8. The Balaban J connectivity index is 2.64. The van der Waals surface area contributed by atoms with Crippen molar-refractivity contribution in [3.63, 3.8) is 0 Å². The largest absolute Gasteiger partial charge is 0.481 e. The Bertz CT molecular complexity index is 679. The number of halogens is 1. The van der Waals surface area contributed by atoms with Crippen LogP contribution in [-0.4, -0.2) is 20.6 Å². The van der Waals surface area contributed by atoms with E-state index in [1.165, 1.54) is 4.57 Å². The molecule has 0 radical (unpaired) electrons. The van der Waals surface area contributed by atoms with E-state index < -0.39 is 5.97 Å². The van der Waals surface area contributed by atoms with E-state index in [9.17, 15) is 9.59 Å². The van der Waals surface area contributed by atoms with Crippen LogP contribution in [0.2, 0.25) is 5.28 Å². The van der Waals surface area contributed by atoms with Crippen LogP contribution in [0.1, 0.15) is 12.0 Å². The number of carbonyl (C=O) groups is 1. The zero-order valence-corrected chi connectivity index (χ0v) is 10.4. The Hall–Kier alpha value is -1.88. The fourth-order valence-corrected chi connectivity index (χ4v) is 2.06. The quantitative estimate of drug-likeness (QED) is 0.861. The Labute approximate surface area is 108 Å². The van der Waals surface area contributed by atoms with Gasteiger partial charge in [0.05, 0.1) is 17.3 Å². The molecule has 0 fully saturated rings. The van der Waals surface area contributed by atoms with Crippen molar-refractivity contribution in [2.24, 2.45) is 0 Å². The fourth-order valence-electron chi connectivity index (χ4n) is 1.80. The lowest BCUT2D eigenvalue weighted by atomic mass is 10.1. The van der Waals surface area contributed by atoms with Gasteiger partial charge < -0.3 is 5.11 Å². The van der Waals surface area contributed by atoms with Gasteiger partial charge in [-0.3, -0.25) is 14.2 Å². The first-order valence-corrected chi connectivity index (χ1v) is 5.76. The zero-order chi connectivity index (χ0) is 13.3. The smallest absolute Gasteiger partial charge is 0.305 e. The van der Waals surface area contributed by atoms with Gasteiger partial charge in [-0.25, -0.2) is 4.98 Å². The maximum absolute atomic E-state index is 12.2. The van der Waals surface area contributed by atoms with Crippen molar-refractivity contribution in [2.45, 2.75) is 19.9 Å². The summed E-state index contributed by atoms with van der Waals surface area (Å²) in [5.74, 6) is -0.983. The molecule has 1 aromatic carbocycles. The number of carboxylic acids is 1. The third-order valence-corrected chi connectivity index (χ3v) is 2.98. The monoisotopic (exact) mass is 266 g/mol. The summed E-state index contributed by atoms with van der Waals surface area (Å²) in [4.78, 5) is 26.9. The molecule has 0 atom stereocenters. The summed E-state index contributed by atoms with van der Waals surface area (Å²) in [5, 5.41) is 9.14. The molecule has 6 heteroatoms. The van der Waals surface area contributed by atoms with Gasteiger partial charge >= 0.3 is 5.97 Å². The van der Waals surface area contributed by atoms with E-state index in [2.05, 4.69) is 4.98 Å². The minimum absolute atomic E-state index is 0.0133. The van der Waals surface area contributed by atoms with Crippen LogP contribution in [0.25, 0.3) is 10.9 Å². The van der Waals surface area contributed by atoms with Crippen molar-refractivity contribution in [3.8, 4) is 0 Å². The summed E-state index contributed by atoms with van der Waals surface area (Å²) in [7, 11) is 0. The molecule has 2 aromatic rings. The van der Waals surface area contributed by atoms with Crippen molar-refractivity contribution in [1.82, 2.24) is 9.55 Å². The van der Waals surface area contributed by atoms with E-state index in [1.54, 1.807) is 25.1 Å². The molecule has 0 saturated carbocycles. The number of hydrogen-bond donors (Lipinski definition) is 1. The second kappa shape index (κ2) is 4.78. The molecule has 1 aromatic heterocycles. The van der Waals surface area contributed by atoms with Crippen LogP contribution in [0.5, 0.6) is 0 Å². The Morgan fingerprint density at radius 2 is 2.22 bits per heavy atom. The van der Waals surface area contributed by atoms with Crippen LogP contribution in [0.15, 0.2) is 23.0 Å². The van der Waals surface area contributed by atoms with Crippen LogP contribution in [0.4, 0.5) is 0 Å². The van der Waals surface area contributed by atoms with Gasteiger partial charge in [0.15, 0.2) is 0 Å². The van der Waals surface area contributed by atoms with E-state index in [0.717, 1.165) is 5.56 Å². The number of nitrogens with zero attached hydrogens (tertiary/aromatic N) is 2. The van der Waals surface area contributed by atoms with Gasteiger partial charge in [0, 0.05) is 6.54 Å². The number of benzene rings is 1. The summed E-state index contributed by atoms with van der Waals surface area (Å²) >= 11 is 5.90. The van der Waals surface area contributed by atoms with Crippen LogP contribution < -0.4 is 5.56 Å².